The summed E-state index contributed by atoms with van der Waals surface area (Å²) in [5, 5.41) is 19.4. The van der Waals surface area contributed by atoms with Gasteiger partial charge in [0.15, 0.2) is 5.60 Å². The maximum Gasteiger partial charge on any atom is 0.400 e. The molecule has 0 bridgehead atoms. The molecule has 0 radical (unpaired) electrons. The van der Waals surface area contributed by atoms with Gasteiger partial charge in [0.05, 0.1) is 32.7 Å². The maximum atomic E-state index is 12.4. The Bertz CT molecular complexity index is 724. The number of carboxylic acid groups (broad SMARTS) is 1. The van der Waals surface area contributed by atoms with Crippen molar-refractivity contribution in [1.29, 1.82) is 0 Å². The molecule has 14 nitrogen and oxygen atoms in total. The van der Waals surface area contributed by atoms with Crippen LogP contribution in [0.2, 0.25) is 0 Å². The van der Waals surface area contributed by atoms with Crippen LogP contribution in [0.4, 0.5) is 0 Å². The first-order chi connectivity index (χ1) is 14.8. The van der Waals surface area contributed by atoms with Crippen molar-refractivity contribution in [2.45, 2.75) is 51.7 Å². The van der Waals surface area contributed by atoms with E-state index in [1.165, 1.54) is 20.8 Å². The highest BCUT2D eigenvalue weighted by Crippen LogP contribution is 2.24. The van der Waals surface area contributed by atoms with Crippen LogP contribution < -0.4 is 0 Å². The molecule has 0 spiro atoms. The molecule has 0 saturated heterocycles. The van der Waals surface area contributed by atoms with Gasteiger partial charge in [-0.05, 0) is 20.8 Å². The van der Waals surface area contributed by atoms with Crippen LogP contribution in [0.15, 0.2) is 0 Å². The van der Waals surface area contributed by atoms with E-state index in [2.05, 4.69) is 23.7 Å². The van der Waals surface area contributed by atoms with Crippen molar-refractivity contribution in [3.63, 3.8) is 0 Å². The minimum Gasteiger partial charge on any atom is -0.479 e. The lowest BCUT2D eigenvalue weighted by Gasteiger charge is -2.28. The zero-order chi connectivity index (χ0) is 25.1. The van der Waals surface area contributed by atoms with E-state index in [1.807, 2.05) is 0 Å². The fraction of sp³-hybridized carbons (Fsp3) is 0.611. The van der Waals surface area contributed by atoms with Crippen molar-refractivity contribution in [3.8, 4) is 0 Å². The standard InChI is InChI=1S/C18H24O14/c1-5-28-14(24)18(15(25)29-6-2,16(26)30-7-3)32-12(21)9-17(27,13(22)23)8-11(20)31-10(4)19/h27H,5-9H2,1-4H3,(H,22,23). The lowest BCUT2D eigenvalue weighted by atomic mass is 9.95. The molecule has 0 aromatic carbocycles. The average molecular weight is 464 g/mol. The summed E-state index contributed by atoms with van der Waals surface area (Å²) in [4.78, 5) is 83.6. The molecule has 0 aliphatic rings. The second kappa shape index (κ2) is 12.3. The lowest BCUT2D eigenvalue weighted by Crippen LogP contribution is -2.59. The fourth-order valence-electron chi connectivity index (χ4n) is 2.17. The number of hydrogen-bond acceptors (Lipinski definition) is 13. The Hall–Kier alpha value is -3.55. The molecule has 0 rings (SSSR count). The van der Waals surface area contributed by atoms with Gasteiger partial charge in [0.1, 0.15) is 0 Å². The highest BCUT2D eigenvalue weighted by atomic mass is 16.7. The summed E-state index contributed by atoms with van der Waals surface area (Å²) in [6, 6.07) is 0. The van der Waals surface area contributed by atoms with Crippen molar-refractivity contribution < 1.29 is 67.5 Å². The Morgan fingerprint density at radius 3 is 1.41 bits per heavy atom. The van der Waals surface area contributed by atoms with Crippen LogP contribution in [-0.2, 0) is 57.2 Å². The van der Waals surface area contributed by atoms with Crippen LogP contribution in [-0.4, -0.2) is 83.0 Å². The zero-order valence-corrected chi connectivity index (χ0v) is 17.8. The van der Waals surface area contributed by atoms with Crippen LogP contribution in [0.1, 0.15) is 40.5 Å². The summed E-state index contributed by atoms with van der Waals surface area (Å²) in [7, 11) is 0. The first kappa shape index (κ1) is 28.5. The molecule has 180 valence electrons. The number of aliphatic carboxylic acids is 1. The van der Waals surface area contributed by atoms with Crippen LogP contribution in [0, 0.1) is 0 Å². The first-order valence-corrected chi connectivity index (χ1v) is 9.21. The van der Waals surface area contributed by atoms with Gasteiger partial charge >= 0.3 is 47.4 Å². The van der Waals surface area contributed by atoms with E-state index in [4.69, 9.17) is 0 Å². The molecule has 0 heterocycles. The summed E-state index contributed by atoms with van der Waals surface area (Å²) in [5.74, 6) is -11.6. The molecule has 1 unspecified atom stereocenters. The second-order valence-corrected chi connectivity index (χ2v) is 5.97. The summed E-state index contributed by atoms with van der Waals surface area (Å²) < 4.78 is 22.7. The molecule has 1 atom stereocenters. The fourth-order valence-corrected chi connectivity index (χ4v) is 2.17. The Balaban J connectivity index is 6.12. The SMILES string of the molecule is CCOC(=O)C(OC(=O)CC(O)(CC(=O)OC(C)=O)C(=O)O)(C(=O)OCC)C(=O)OCC. The zero-order valence-electron chi connectivity index (χ0n) is 17.8. The summed E-state index contributed by atoms with van der Waals surface area (Å²) in [6.45, 7) is 3.66. The molecule has 0 aromatic heterocycles. The molecule has 0 amide bonds. The van der Waals surface area contributed by atoms with Crippen molar-refractivity contribution in [1.82, 2.24) is 0 Å². The number of ether oxygens (including phenoxy) is 5. The number of esters is 6. The normalized spacial score (nSPS) is 12.5. The number of carbonyl (C=O) groups is 7. The van der Waals surface area contributed by atoms with Crippen molar-refractivity contribution in [3.05, 3.63) is 0 Å². The van der Waals surface area contributed by atoms with Gasteiger partial charge in [0.2, 0.25) is 0 Å². The molecule has 0 aliphatic heterocycles. The third kappa shape index (κ3) is 7.30. The van der Waals surface area contributed by atoms with Crippen LogP contribution in [0.5, 0.6) is 0 Å². The molecule has 0 aromatic rings. The Labute approximate surface area is 181 Å². The quantitative estimate of drug-likeness (QED) is 0.194. The van der Waals surface area contributed by atoms with E-state index in [0.717, 1.165) is 6.92 Å². The monoisotopic (exact) mass is 464 g/mol. The molecule has 14 heteroatoms. The van der Waals surface area contributed by atoms with Crippen LogP contribution in [0.25, 0.3) is 0 Å². The molecule has 32 heavy (non-hydrogen) atoms. The summed E-state index contributed by atoms with van der Waals surface area (Å²) in [6.07, 6.45) is -2.93. The number of hydrogen-bond donors (Lipinski definition) is 2. The van der Waals surface area contributed by atoms with Gasteiger partial charge < -0.3 is 33.9 Å². The minimum atomic E-state index is -3.42. The van der Waals surface area contributed by atoms with Crippen LogP contribution in [0.3, 0.4) is 0 Å². The third-order valence-corrected chi connectivity index (χ3v) is 3.48. The highest BCUT2D eigenvalue weighted by molar-refractivity contribution is 6.23. The Kier molecular flexibility index (Phi) is 11.0. The van der Waals surface area contributed by atoms with E-state index >= 15 is 0 Å². The largest absolute Gasteiger partial charge is 0.479 e. The van der Waals surface area contributed by atoms with E-state index in [-0.39, 0.29) is 19.8 Å². The van der Waals surface area contributed by atoms with Gasteiger partial charge in [-0.2, -0.15) is 0 Å². The van der Waals surface area contributed by atoms with Crippen LogP contribution >= 0.6 is 0 Å². The summed E-state index contributed by atoms with van der Waals surface area (Å²) >= 11 is 0. The van der Waals surface area contributed by atoms with Crippen molar-refractivity contribution >= 4 is 41.8 Å². The highest BCUT2D eigenvalue weighted by Gasteiger charge is 2.62. The van der Waals surface area contributed by atoms with E-state index < -0.39 is 65.8 Å². The Morgan fingerprint density at radius 1 is 0.719 bits per heavy atom. The van der Waals surface area contributed by atoms with E-state index in [9.17, 15) is 43.8 Å². The topological polar surface area (TPSA) is 206 Å². The van der Waals surface area contributed by atoms with Gasteiger partial charge in [-0.1, -0.05) is 0 Å². The predicted octanol–water partition coefficient (Wildman–Crippen LogP) is -1.36. The van der Waals surface area contributed by atoms with Gasteiger partial charge in [0, 0.05) is 6.92 Å². The smallest absolute Gasteiger partial charge is 0.400 e. The van der Waals surface area contributed by atoms with Gasteiger partial charge in [0.25, 0.3) is 0 Å². The van der Waals surface area contributed by atoms with E-state index in [1.54, 1.807) is 0 Å². The first-order valence-electron chi connectivity index (χ1n) is 9.21. The number of rotatable bonds is 12. The molecule has 0 saturated carbocycles. The van der Waals surface area contributed by atoms with Gasteiger partial charge in [-0.25, -0.2) is 19.2 Å². The average Bonchev–Trinajstić information content (AvgIpc) is 2.65. The maximum absolute atomic E-state index is 12.4. The number of carboxylic acids is 1. The number of carbonyl (C=O) groups excluding carboxylic acids is 6. The Morgan fingerprint density at radius 2 is 1.09 bits per heavy atom. The molecular weight excluding hydrogens is 440 g/mol. The van der Waals surface area contributed by atoms with Crippen molar-refractivity contribution in [2.75, 3.05) is 19.8 Å². The molecule has 0 aliphatic carbocycles. The van der Waals surface area contributed by atoms with Gasteiger partial charge in [-0.3, -0.25) is 14.4 Å². The number of aliphatic hydroxyl groups is 1. The van der Waals surface area contributed by atoms with Crippen molar-refractivity contribution in [2.24, 2.45) is 0 Å². The lowest BCUT2D eigenvalue weighted by molar-refractivity contribution is -0.208. The second-order valence-electron chi connectivity index (χ2n) is 5.97. The molecule has 2 N–H and O–H groups in total. The summed E-state index contributed by atoms with van der Waals surface area (Å²) in [5.41, 5.74) is -6.61. The molecule has 0 fully saturated rings. The van der Waals surface area contributed by atoms with Gasteiger partial charge in [-0.15, -0.1) is 0 Å². The molecular formula is C18H24O14. The van der Waals surface area contributed by atoms with E-state index in [0.29, 0.717) is 0 Å². The third-order valence-electron chi connectivity index (χ3n) is 3.48. The predicted molar refractivity (Wildman–Crippen MR) is 97.3 cm³/mol. The minimum absolute atomic E-state index is 0.368.